The number of amides is 1. The normalized spacial score (nSPS) is 10.6. The Bertz CT molecular complexity index is 1020. The van der Waals surface area contributed by atoms with Crippen molar-refractivity contribution in [1.29, 1.82) is 0 Å². The highest BCUT2D eigenvalue weighted by Crippen LogP contribution is 2.22. The summed E-state index contributed by atoms with van der Waals surface area (Å²) in [5.41, 5.74) is 1.49. The molecule has 7 nitrogen and oxygen atoms in total. The molecule has 28 heavy (non-hydrogen) atoms. The molecule has 0 aliphatic carbocycles. The highest BCUT2D eigenvalue weighted by molar-refractivity contribution is 7.87. The van der Waals surface area contributed by atoms with E-state index in [4.69, 9.17) is 15.3 Å². The minimum atomic E-state index is -4.02. The summed E-state index contributed by atoms with van der Waals surface area (Å²) in [6.45, 7) is 3.03. The highest BCUT2D eigenvalue weighted by atomic mass is 32.2. The van der Waals surface area contributed by atoms with E-state index in [1.54, 1.807) is 19.9 Å². The number of hydrogen-bond donors (Lipinski definition) is 1. The van der Waals surface area contributed by atoms with Crippen LogP contribution >= 0.6 is 0 Å². The van der Waals surface area contributed by atoms with E-state index in [0.717, 1.165) is 5.56 Å². The minimum Gasteiger partial charge on any atom is -0.452 e. The van der Waals surface area contributed by atoms with Crippen LogP contribution in [0.15, 0.2) is 47.4 Å². The molecule has 0 unspecified atom stereocenters. The second-order valence-corrected chi connectivity index (χ2v) is 7.40. The van der Waals surface area contributed by atoms with Crippen LogP contribution in [0.2, 0.25) is 0 Å². The van der Waals surface area contributed by atoms with Gasteiger partial charge in [0.05, 0.1) is 12.1 Å². The van der Waals surface area contributed by atoms with Crippen molar-refractivity contribution in [3.63, 3.8) is 0 Å². The molecule has 2 aromatic carbocycles. The van der Waals surface area contributed by atoms with Crippen LogP contribution < -0.4 is 9.50 Å². The lowest BCUT2D eigenvalue weighted by Crippen LogP contribution is -2.28. The van der Waals surface area contributed by atoms with E-state index in [1.807, 2.05) is 6.07 Å². The number of benzene rings is 2. The van der Waals surface area contributed by atoms with E-state index >= 15 is 0 Å². The maximum absolute atomic E-state index is 12.5. The molecule has 146 valence electrons. The largest absolute Gasteiger partial charge is 0.452 e. The van der Waals surface area contributed by atoms with E-state index in [1.165, 1.54) is 30.3 Å². The first-order valence-electron chi connectivity index (χ1n) is 8.22. The number of nitrogens with one attached hydrogen (secondary N) is 1. The van der Waals surface area contributed by atoms with Gasteiger partial charge in [0.1, 0.15) is 10.6 Å². The Labute approximate surface area is 163 Å². The van der Waals surface area contributed by atoms with Gasteiger partial charge in [-0.2, -0.15) is 8.42 Å². The number of rotatable bonds is 7. The monoisotopic (exact) mass is 401 g/mol. The number of carbonyl (C=O) groups is 2. The van der Waals surface area contributed by atoms with Crippen LogP contribution in [-0.4, -0.2) is 33.4 Å². The fourth-order valence-electron chi connectivity index (χ4n) is 2.21. The van der Waals surface area contributed by atoms with Gasteiger partial charge in [-0.15, -0.1) is 6.42 Å². The zero-order valence-electron chi connectivity index (χ0n) is 15.4. The summed E-state index contributed by atoms with van der Waals surface area (Å²) in [6, 6.07) is 10.4. The smallest absolute Gasteiger partial charge is 0.339 e. The number of carbonyl (C=O) groups excluding carboxylic acids is 2. The van der Waals surface area contributed by atoms with Crippen molar-refractivity contribution in [2.24, 2.45) is 0 Å². The van der Waals surface area contributed by atoms with Gasteiger partial charge in [-0.25, -0.2) is 4.79 Å². The van der Waals surface area contributed by atoms with Gasteiger partial charge in [0, 0.05) is 0 Å². The van der Waals surface area contributed by atoms with Crippen LogP contribution in [0.3, 0.4) is 0 Å². The Morgan fingerprint density at radius 1 is 1.11 bits per heavy atom. The molecule has 0 aliphatic heterocycles. The first-order valence-corrected chi connectivity index (χ1v) is 9.63. The van der Waals surface area contributed by atoms with E-state index < -0.39 is 28.6 Å². The summed E-state index contributed by atoms with van der Waals surface area (Å²) in [5.74, 6) is 1.01. The molecule has 0 heterocycles. The molecule has 2 aromatic rings. The van der Waals surface area contributed by atoms with Crippen LogP contribution in [0.4, 0.5) is 0 Å². The quantitative estimate of drug-likeness (QED) is 0.433. The summed E-state index contributed by atoms with van der Waals surface area (Å²) < 4.78 is 35.0. The Kier molecular flexibility index (Phi) is 6.79. The van der Waals surface area contributed by atoms with Crippen molar-refractivity contribution < 1.29 is 26.9 Å². The first kappa shape index (κ1) is 21.0. The van der Waals surface area contributed by atoms with Crippen LogP contribution in [0, 0.1) is 26.2 Å². The van der Waals surface area contributed by atoms with Crippen LogP contribution in [0.1, 0.15) is 21.5 Å². The van der Waals surface area contributed by atoms with Gasteiger partial charge >= 0.3 is 16.1 Å². The number of aryl methyl sites for hydroxylation is 2. The zero-order chi connectivity index (χ0) is 20.7. The van der Waals surface area contributed by atoms with Crippen molar-refractivity contribution in [3.05, 3.63) is 59.2 Å². The first-order chi connectivity index (χ1) is 13.2. The van der Waals surface area contributed by atoms with Crippen molar-refractivity contribution >= 4 is 22.0 Å². The fraction of sp³-hybridized carbons (Fsp3) is 0.200. The molecule has 1 N–H and O–H groups in total. The van der Waals surface area contributed by atoms with Gasteiger partial charge < -0.3 is 14.2 Å². The van der Waals surface area contributed by atoms with E-state index in [-0.39, 0.29) is 22.8 Å². The van der Waals surface area contributed by atoms with Crippen molar-refractivity contribution in [2.45, 2.75) is 18.7 Å². The molecule has 2 rings (SSSR count). The fourth-order valence-corrected chi connectivity index (χ4v) is 3.46. The molecule has 0 atom stereocenters. The SMILES string of the molecule is C#CCNC(=O)COC(=O)c1ccc(OS(=O)(=O)c2cc(C)ccc2C)cc1. The highest BCUT2D eigenvalue weighted by Gasteiger charge is 2.20. The summed E-state index contributed by atoms with van der Waals surface area (Å²) >= 11 is 0. The third kappa shape index (κ3) is 5.59. The molecule has 0 spiro atoms. The van der Waals surface area contributed by atoms with Gasteiger partial charge in [0.25, 0.3) is 5.91 Å². The molecule has 0 fully saturated rings. The van der Waals surface area contributed by atoms with Crippen LogP contribution in [0.25, 0.3) is 0 Å². The standard InChI is InChI=1S/C20H19NO6S/c1-4-11-21-19(22)13-26-20(23)16-7-9-17(10-8-16)27-28(24,25)18-12-14(2)5-6-15(18)3/h1,5-10,12H,11,13H2,2-3H3,(H,21,22). The Morgan fingerprint density at radius 3 is 2.43 bits per heavy atom. The van der Waals surface area contributed by atoms with Gasteiger partial charge in [-0.1, -0.05) is 18.1 Å². The third-order valence-corrected chi connectivity index (χ3v) is 5.02. The van der Waals surface area contributed by atoms with Gasteiger partial charge in [0.15, 0.2) is 6.61 Å². The molecular formula is C20H19NO6S. The number of terminal acetylenes is 1. The minimum absolute atomic E-state index is 0.0390. The molecule has 0 saturated heterocycles. The molecule has 0 radical (unpaired) electrons. The van der Waals surface area contributed by atoms with E-state index in [2.05, 4.69) is 11.2 Å². The van der Waals surface area contributed by atoms with E-state index in [9.17, 15) is 18.0 Å². The molecule has 0 aliphatic rings. The topological polar surface area (TPSA) is 98.8 Å². The predicted molar refractivity (Wildman–Crippen MR) is 102 cm³/mol. The van der Waals surface area contributed by atoms with E-state index in [0.29, 0.717) is 5.56 Å². The van der Waals surface area contributed by atoms with Crippen molar-refractivity contribution in [3.8, 4) is 18.1 Å². The molecule has 1 amide bonds. The lowest BCUT2D eigenvalue weighted by Gasteiger charge is -2.10. The molecule has 0 bridgehead atoms. The van der Waals surface area contributed by atoms with Gasteiger partial charge in [0.2, 0.25) is 0 Å². The summed E-state index contributed by atoms with van der Waals surface area (Å²) in [6.07, 6.45) is 5.01. The Morgan fingerprint density at radius 2 is 1.79 bits per heavy atom. The maximum atomic E-state index is 12.5. The summed E-state index contributed by atoms with van der Waals surface area (Å²) in [7, 11) is -4.02. The van der Waals surface area contributed by atoms with Crippen LogP contribution in [-0.2, 0) is 19.6 Å². The third-order valence-electron chi connectivity index (χ3n) is 3.63. The molecular weight excluding hydrogens is 382 g/mol. The maximum Gasteiger partial charge on any atom is 0.339 e. The summed E-state index contributed by atoms with van der Waals surface area (Å²) in [5, 5.41) is 2.36. The number of esters is 1. The summed E-state index contributed by atoms with van der Waals surface area (Å²) in [4.78, 5) is 23.4. The van der Waals surface area contributed by atoms with Gasteiger partial charge in [-0.3, -0.25) is 4.79 Å². The lowest BCUT2D eigenvalue weighted by atomic mass is 10.2. The average Bonchev–Trinajstić information content (AvgIpc) is 2.66. The second-order valence-electron chi connectivity index (χ2n) is 5.89. The predicted octanol–water partition coefficient (Wildman–Crippen LogP) is 1.98. The molecule has 8 heteroatoms. The Balaban J connectivity index is 2.04. The average molecular weight is 401 g/mol. The number of ether oxygens (including phenoxy) is 1. The Hall–Kier alpha value is -3.31. The molecule has 0 aromatic heterocycles. The van der Waals surface area contributed by atoms with Gasteiger partial charge in [-0.05, 0) is 55.3 Å². The zero-order valence-corrected chi connectivity index (χ0v) is 16.2. The van der Waals surface area contributed by atoms with Crippen molar-refractivity contribution in [1.82, 2.24) is 5.32 Å². The van der Waals surface area contributed by atoms with Crippen LogP contribution in [0.5, 0.6) is 5.75 Å². The lowest BCUT2D eigenvalue weighted by molar-refractivity contribution is -0.123. The van der Waals surface area contributed by atoms with Crippen molar-refractivity contribution in [2.75, 3.05) is 13.2 Å². The molecule has 0 saturated carbocycles. The second kappa shape index (κ2) is 9.06. The number of hydrogen-bond acceptors (Lipinski definition) is 6.